The zero-order valence-corrected chi connectivity index (χ0v) is 12.5. The number of hydrogen-bond acceptors (Lipinski definition) is 3. The molecule has 1 amide bonds. The van der Waals surface area contributed by atoms with Gasteiger partial charge >= 0.3 is 0 Å². The van der Waals surface area contributed by atoms with Crippen LogP contribution < -0.4 is 10.6 Å². The van der Waals surface area contributed by atoms with Crippen LogP contribution in [0, 0.1) is 11.8 Å². The molecule has 0 aliphatic heterocycles. The highest BCUT2D eigenvalue weighted by atomic mass is 16.5. The van der Waals surface area contributed by atoms with Gasteiger partial charge in [0.2, 0.25) is 5.91 Å². The molecule has 0 aromatic carbocycles. The first kappa shape index (κ1) is 16.2. The van der Waals surface area contributed by atoms with Crippen LogP contribution >= 0.6 is 0 Å². The molecule has 0 aromatic heterocycles. The van der Waals surface area contributed by atoms with Gasteiger partial charge in [0.1, 0.15) is 0 Å². The molecule has 0 saturated heterocycles. The number of rotatable bonds is 8. The molecule has 0 bridgehead atoms. The van der Waals surface area contributed by atoms with Crippen molar-refractivity contribution in [2.75, 3.05) is 33.4 Å². The van der Waals surface area contributed by atoms with E-state index in [9.17, 15) is 4.79 Å². The van der Waals surface area contributed by atoms with Crippen LogP contribution in [0.1, 0.15) is 33.1 Å². The van der Waals surface area contributed by atoms with Crippen molar-refractivity contribution in [3.8, 4) is 0 Å². The summed E-state index contributed by atoms with van der Waals surface area (Å²) in [6.45, 7) is 7.43. The van der Waals surface area contributed by atoms with E-state index in [1.165, 1.54) is 18.4 Å². The lowest BCUT2D eigenvalue weighted by Gasteiger charge is -2.25. The van der Waals surface area contributed by atoms with Crippen LogP contribution in [-0.2, 0) is 9.53 Å². The average molecular weight is 268 g/mol. The molecule has 0 saturated carbocycles. The quantitative estimate of drug-likeness (QED) is 0.520. The minimum Gasteiger partial charge on any atom is -0.383 e. The SMILES string of the molecule is COCCNC(=O)CCNCC1CC(C)=CC(C)C1. The Morgan fingerprint density at radius 1 is 1.47 bits per heavy atom. The van der Waals surface area contributed by atoms with Crippen LogP contribution in [0.25, 0.3) is 0 Å². The Balaban J connectivity index is 2.05. The van der Waals surface area contributed by atoms with Gasteiger partial charge in [-0.2, -0.15) is 0 Å². The van der Waals surface area contributed by atoms with Gasteiger partial charge in [0, 0.05) is 26.6 Å². The van der Waals surface area contributed by atoms with Gasteiger partial charge in [-0.3, -0.25) is 4.79 Å². The Hall–Kier alpha value is -0.870. The first-order chi connectivity index (χ1) is 9.11. The number of carbonyl (C=O) groups is 1. The van der Waals surface area contributed by atoms with Crippen molar-refractivity contribution in [2.45, 2.75) is 33.1 Å². The second-order valence-corrected chi connectivity index (χ2v) is 5.59. The predicted octanol–water partition coefficient (Wildman–Crippen LogP) is 1.72. The zero-order chi connectivity index (χ0) is 14.1. The third kappa shape index (κ3) is 7.33. The fourth-order valence-corrected chi connectivity index (χ4v) is 2.73. The molecule has 0 heterocycles. The van der Waals surface area contributed by atoms with Crippen LogP contribution in [-0.4, -0.2) is 39.3 Å². The smallest absolute Gasteiger partial charge is 0.221 e. The highest BCUT2D eigenvalue weighted by Crippen LogP contribution is 2.27. The predicted molar refractivity (Wildman–Crippen MR) is 78.0 cm³/mol. The van der Waals surface area contributed by atoms with E-state index in [4.69, 9.17) is 4.74 Å². The van der Waals surface area contributed by atoms with Gasteiger partial charge in [-0.15, -0.1) is 0 Å². The van der Waals surface area contributed by atoms with Crippen LogP contribution in [0.3, 0.4) is 0 Å². The second-order valence-electron chi connectivity index (χ2n) is 5.59. The molecule has 110 valence electrons. The summed E-state index contributed by atoms with van der Waals surface area (Å²) >= 11 is 0. The number of hydrogen-bond donors (Lipinski definition) is 2. The second kappa shape index (κ2) is 9.10. The number of amides is 1. The molecule has 1 aliphatic rings. The Labute approximate surface area is 117 Å². The van der Waals surface area contributed by atoms with Crippen molar-refractivity contribution >= 4 is 5.91 Å². The van der Waals surface area contributed by atoms with Gasteiger partial charge < -0.3 is 15.4 Å². The van der Waals surface area contributed by atoms with Gasteiger partial charge in [0.05, 0.1) is 6.61 Å². The van der Waals surface area contributed by atoms with Crippen LogP contribution in [0.2, 0.25) is 0 Å². The lowest BCUT2D eigenvalue weighted by molar-refractivity contribution is -0.121. The molecule has 1 rings (SSSR count). The molecule has 1 aliphatic carbocycles. The Bertz CT molecular complexity index is 303. The summed E-state index contributed by atoms with van der Waals surface area (Å²) in [6.07, 6.45) is 5.36. The van der Waals surface area contributed by atoms with E-state index in [1.54, 1.807) is 7.11 Å². The van der Waals surface area contributed by atoms with Crippen LogP contribution in [0.4, 0.5) is 0 Å². The summed E-state index contributed by atoms with van der Waals surface area (Å²) in [4.78, 5) is 11.5. The van der Waals surface area contributed by atoms with Crippen molar-refractivity contribution in [2.24, 2.45) is 11.8 Å². The molecule has 2 atom stereocenters. The summed E-state index contributed by atoms with van der Waals surface area (Å²) in [7, 11) is 1.63. The summed E-state index contributed by atoms with van der Waals surface area (Å²) in [5.41, 5.74) is 1.50. The first-order valence-corrected chi connectivity index (χ1v) is 7.25. The fourth-order valence-electron chi connectivity index (χ4n) is 2.73. The Morgan fingerprint density at radius 3 is 2.95 bits per heavy atom. The molecule has 0 spiro atoms. The lowest BCUT2D eigenvalue weighted by Crippen LogP contribution is -2.32. The minimum atomic E-state index is 0.0950. The van der Waals surface area contributed by atoms with Crippen molar-refractivity contribution in [1.29, 1.82) is 0 Å². The van der Waals surface area contributed by atoms with Crippen LogP contribution in [0.5, 0.6) is 0 Å². The number of ether oxygens (including phenoxy) is 1. The molecule has 4 heteroatoms. The molecular formula is C15H28N2O2. The van der Waals surface area contributed by atoms with Gasteiger partial charge in [0.15, 0.2) is 0 Å². The summed E-state index contributed by atoms with van der Waals surface area (Å²) in [5.74, 6) is 1.51. The summed E-state index contributed by atoms with van der Waals surface area (Å²) in [6, 6.07) is 0. The molecular weight excluding hydrogens is 240 g/mol. The highest BCUT2D eigenvalue weighted by Gasteiger charge is 2.17. The van der Waals surface area contributed by atoms with E-state index in [2.05, 4.69) is 30.6 Å². The van der Waals surface area contributed by atoms with Gasteiger partial charge in [-0.25, -0.2) is 0 Å². The summed E-state index contributed by atoms with van der Waals surface area (Å²) < 4.78 is 4.88. The first-order valence-electron chi connectivity index (χ1n) is 7.25. The lowest BCUT2D eigenvalue weighted by atomic mass is 9.84. The van der Waals surface area contributed by atoms with Gasteiger partial charge in [-0.1, -0.05) is 18.6 Å². The third-order valence-corrected chi connectivity index (χ3v) is 3.48. The number of nitrogens with one attached hydrogen (secondary N) is 2. The topological polar surface area (TPSA) is 50.4 Å². The Kier molecular flexibility index (Phi) is 7.75. The molecule has 0 radical (unpaired) electrons. The normalized spacial score (nSPS) is 23.0. The van der Waals surface area contributed by atoms with Crippen molar-refractivity contribution in [3.63, 3.8) is 0 Å². The number of allylic oxidation sites excluding steroid dienone is 2. The molecule has 4 nitrogen and oxygen atoms in total. The summed E-state index contributed by atoms with van der Waals surface area (Å²) in [5, 5.41) is 6.22. The Morgan fingerprint density at radius 2 is 2.26 bits per heavy atom. The molecule has 2 unspecified atom stereocenters. The van der Waals surface area contributed by atoms with Crippen molar-refractivity contribution in [3.05, 3.63) is 11.6 Å². The van der Waals surface area contributed by atoms with Crippen molar-refractivity contribution in [1.82, 2.24) is 10.6 Å². The number of methoxy groups -OCH3 is 1. The van der Waals surface area contributed by atoms with Gasteiger partial charge in [0.25, 0.3) is 0 Å². The monoisotopic (exact) mass is 268 g/mol. The van der Waals surface area contributed by atoms with E-state index in [0.717, 1.165) is 19.0 Å². The zero-order valence-electron chi connectivity index (χ0n) is 12.5. The molecule has 0 fully saturated rings. The standard InChI is InChI=1S/C15H28N2O2/c1-12-8-13(2)10-14(9-12)11-16-5-4-15(18)17-6-7-19-3/h8,12,14,16H,4-7,9-11H2,1-3H3,(H,17,18). The maximum atomic E-state index is 11.5. The maximum absolute atomic E-state index is 11.5. The van der Waals surface area contributed by atoms with Crippen LogP contribution in [0.15, 0.2) is 11.6 Å². The highest BCUT2D eigenvalue weighted by molar-refractivity contribution is 5.75. The molecule has 19 heavy (non-hydrogen) atoms. The third-order valence-electron chi connectivity index (χ3n) is 3.48. The van der Waals surface area contributed by atoms with E-state index >= 15 is 0 Å². The molecule has 0 aromatic rings. The van der Waals surface area contributed by atoms with Crippen molar-refractivity contribution < 1.29 is 9.53 Å². The van der Waals surface area contributed by atoms with Gasteiger partial charge in [-0.05, 0) is 38.1 Å². The average Bonchev–Trinajstić information content (AvgIpc) is 2.34. The van der Waals surface area contributed by atoms with E-state index in [1.807, 2.05) is 0 Å². The maximum Gasteiger partial charge on any atom is 0.221 e. The van der Waals surface area contributed by atoms with E-state index in [0.29, 0.717) is 25.5 Å². The molecule has 2 N–H and O–H groups in total. The fraction of sp³-hybridized carbons (Fsp3) is 0.800. The minimum absolute atomic E-state index is 0.0950. The van der Waals surface area contributed by atoms with E-state index in [-0.39, 0.29) is 5.91 Å². The largest absolute Gasteiger partial charge is 0.383 e. The van der Waals surface area contributed by atoms with E-state index < -0.39 is 0 Å². The number of carbonyl (C=O) groups excluding carboxylic acids is 1.